The molecule has 0 aromatic rings. The Hall–Kier alpha value is -0.610. The molecule has 1 unspecified atom stereocenters. The Labute approximate surface area is 73.4 Å². The van der Waals surface area contributed by atoms with Crippen molar-refractivity contribution in [2.75, 3.05) is 34.4 Å². The van der Waals surface area contributed by atoms with E-state index >= 15 is 0 Å². The molecule has 0 N–H and O–H groups in total. The number of hydrogen-bond donors (Lipinski definition) is 0. The molecule has 0 amide bonds. The summed E-state index contributed by atoms with van der Waals surface area (Å²) in [5.41, 5.74) is 0. The van der Waals surface area contributed by atoms with E-state index in [1.807, 2.05) is 18.9 Å². The van der Waals surface area contributed by atoms with Crippen LogP contribution in [0.25, 0.3) is 0 Å². The Morgan fingerprint density at radius 1 is 1.50 bits per heavy atom. The molecule has 0 aliphatic heterocycles. The molecule has 0 spiro atoms. The van der Waals surface area contributed by atoms with Crippen molar-refractivity contribution < 1.29 is 14.3 Å². The molecule has 0 saturated heterocycles. The molecule has 0 bridgehead atoms. The fourth-order valence-electron chi connectivity index (χ4n) is 0.779. The van der Waals surface area contributed by atoms with Gasteiger partial charge in [0.2, 0.25) is 0 Å². The van der Waals surface area contributed by atoms with Gasteiger partial charge in [-0.2, -0.15) is 0 Å². The van der Waals surface area contributed by atoms with Crippen LogP contribution in [-0.4, -0.2) is 51.3 Å². The average molecular weight is 175 g/mol. The zero-order chi connectivity index (χ0) is 9.56. The van der Waals surface area contributed by atoms with Gasteiger partial charge < -0.3 is 9.47 Å². The smallest absolute Gasteiger partial charge is 0.322 e. The van der Waals surface area contributed by atoms with Gasteiger partial charge in [-0.3, -0.25) is 9.69 Å². The number of esters is 1. The molecule has 0 saturated carbocycles. The molecule has 1 atom stereocenters. The van der Waals surface area contributed by atoms with E-state index in [0.29, 0.717) is 6.61 Å². The lowest BCUT2D eigenvalue weighted by Crippen LogP contribution is -2.38. The van der Waals surface area contributed by atoms with Crippen molar-refractivity contribution in [1.82, 2.24) is 4.90 Å². The van der Waals surface area contributed by atoms with E-state index in [9.17, 15) is 4.79 Å². The van der Waals surface area contributed by atoms with Crippen molar-refractivity contribution in [2.24, 2.45) is 0 Å². The van der Waals surface area contributed by atoms with Crippen LogP contribution in [0.4, 0.5) is 0 Å². The highest BCUT2D eigenvalue weighted by molar-refractivity contribution is 5.75. The van der Waals surface area contributed by atoms with Crippen LogP contribution in [0.3, 0.4) is 0 Å². The van der Waals surface area contributed by atoms with Crippen molar-refractivity contribution in [3.05, 3.63) is 0 Å². The molecule has 0 aliphatic carbocycles. The number of hydrogen-bond acceptors (Lipinski definition) is 4. The molecule has 0 aromatic heterocycles. The van der Waals surface area contributed by atoms with Gasteiger partial charge >= 0.3 is 5.97 Å². The molecular formula is C8H17NO3. The van der Waals surface area contributed by atoms with Gasteiger partial charge in [0.1, 0.15) is 6.04 Å². The maximum Gasteiger partial charge on any atom is 0.322 e. The first-order valence-corrected chi connectivity index (χ1v) is 3.90. The lowest BCUT2D eigenvalue weighted by molar-refractivity contribution is -0.145. The largest absolute Gasteiger partial charge is 0.468 e. The van der Waals surface area contributed by atoms with Gasteiger partial charge in [0.05, 0.1) is 13.7 Å². The number of likely N-dealkylation sites (N-methyl/N-ethyl adjacent to an activating group) is 1. The van der Waals surface area contributed by atoms with Gasteiger partial charge in [-0.05, 0) is 14.0 Å². The minimum atomic E-state index is -0.214. The van der Waals surface area contributed by atoms with Crippen LogP contribution in [0.15, 0.2) is 0 Å². The zero-order valence-electron chi connectivity index (χ0n) is 8.16. The molecule has 72 valence electrons. The van der Waals surface area contributed by atoms with Crippen LogP contribution in [0, 0.1) is 0 Å². The van der Waals surface area contributed by atoms with Gasteiger partial charge in [-0.15, -0.1) is 0 Å². The summed E-state index contributed by atoms with van der Waals surface area (Å²) in [5.74, 6) is -0.214. The van der Waals surface area contributed by atoms with Gasteiger partial charge in [-0.1, -0.05) is 0 Å². The Balaban J connectivity index is 3.75. The predicted molar refractivity (Wildman–Crippen MR) is 46.0 cm³/mol. The third-order valence-electron chi connectivity index (χ3n) is 1.85. The molecule has 0 heterocycles. The molecule has 4 nitrogen and oxygen atoms in total. The minimum Gasteiger partial charge on any atom is -0.468 e. The second kappa shape index (κ2) is 5.97. The molecular weight excluding hydrogens is 158 g/mol. The van der Waals surface area contributed by atoms with Gasteiger partial charge in [0, 0.05) is 13.7 Å². The van der Waals surface area contributed by atoms with Crippen LogP contribution in [0.1, 0.15) is 6.92 Å². The van der Waals surface area contributed by atoms with E-state index < -0.39 is 0 Å². The standard InChI is InChI=1S/C8H17NO3/c1-7(8(10)12-4)9(2)5-6-11-3/h7H,5-6H2,1-4H3. The zero-order valence-corrected chi connectivity index (χ0v) is 8.16. The lowest BCUT2D eigenvalue weighted by Gasteiger charge is -2.21. The van der Waals surface area contributed by atoms with Gasteiger partial charge in [-0.25, -0.2) is 0 Å². The summed E-state index contributed by atoms with van der Waals surface area (Å²) < 4.78 is 9.47. The number of methoxy groups -OCH3 is 2. The summed E-state index contributed by atoms with van der Waals surface area (Å²) in [4.78, 5) is 12.9. The summed E-state index contributed by atoms with van der Waals surface area (Å²) in [6.45, 7) is 3.16. The van der Waals surface area contributed by atoms with Crippen molar-refractivity contribution in [3.63, 3.8) is 0 Å². The summed E-state index contributed by atoms with van der Waals surface area (Å²) >= 11 is 0. The fraction of sp³-hybridized carbons (Fsp3) is 0.875. The van der Waals surface area contributed by atoms with Crippen LogP contribution in [0.2, 0.25) is 0 Å². The van der Waals surface area contributed by atoms with E-state index in [0.717, 1.165) is 6.54 Å². The molecule has 0 radical (unpaired) electrons. The number of ether oxygens (including phenoxy) is 2. The average Bonchev–Trinajstić information content (AvgIpc) is 2.11. The normalized spacial score (nSPS) is 13.1. The fourth-order valence-corrected chi connectivity index (χ4v) is 0.779. The van der Waals surface area contributed by atoms with E-state index in [1.54, 1.807) is 7.11 Å². The molecule has 0 fully saturated rings. The predicted octanol–water partition coefficient (Wildman–Crippen LogP) is 0.126. The Morgan fingerprint density at radius 2 is 2.08 bits per heavy atom. The first-order chi connectivity index (χ1) is 5.63. The number of carbonyl (C=O) groups excluding carboxylic acids is 1. The highest BCUT2D eigenvalue weighted by Crippen LogP contribution is 1.96. The SMILES string of the molecule is COCCN(C)C(C)C(=O)OC. The Bertz CT molecular complexity index is 138. The van der Waals surface area contributed by atoms with Crippen molar-refractivity contribution >= 4 is 5.97 Å². The highest BCUT2D eigenvalue weighted by atomic mass is 16.5. The Morgan fingerprint density at radius 3 is 2.50 bits per heavy atom. The summed E-state index contributed by atoms with van der Waals surface area (Å²) in [5, 5.41) is 0. The minimum absolute atomic E-state index is 0.204. The molecule has 4 heteroatoms. The maximum atomic E-state index is 11.0. The summed E-state index contributed by atoms with van der Waals surface area (Å²) in [7, 11) is 4.89. The highest BCUT2D eigenvalue weighted by Gasteiger charge is 2.17. The quantitative estimate of drug-likeness (QED) is 0.557. The van der Waals surface area contributed by atoms with E-state index in [2.05, 4.69) is 4.74 Å². The molecule has 0 aliphatic rings. The van der Waals surface area contributed by atoms with Crippen molar-refractivity contribution in [3.8, 4) is 0 Å². The number of nitrogens with zero attached hydrogens (tertiary/aromatic N) is 1. The van der Waals surface area contributed by atoms with Crippen LogP contribution in [0.5, 0.6) is 0 Å². The second-order valence-electron chi connectivity index (χ2n) is 2.67. The summed E-state index contributed by atoms with van der Waals surface area (Å²) in [6, 6.07) is -0.204. The monoisotopic (exact) mass is 175 g/mol. The van der Waals surface area contributed by atoms with Crippen LogP contribution < -0.4 is 0 Å². The van der Waals surface area contributed by atoms with Crippen LogP contribution >= 0.6 is 0 Å². The second-order valence-corrected chi connectivity index (χ2v) is 2.67. The lowest BCUT2D eigenvalue weighted by atomic mass is 10.3. The summed E-state index contributed by atoms with van der Waals surface area (Å²) in [6.07, 6.45) is 0. The molecule has 12 heavy (non-hydrogen) atoms. The van der Waals surface area contributed by atoms with Gasteiger partial charge in [0.25, 0.3) is 0 Å². The topological polar surface area (TPSA) is 38.8 Å². The van der Waals surface area contributed by atoms with E-state index in [4.69, 9.17) is 4.74 Å². The van der Waals surface area contributed by atoms with Crippen LogP contribution in [-0.2, 0) is 14.3 Å². The maximum absolute atomic E-state index is 11.0. The molecule has 0 aromatic carbocycles. The Kier molecular flexibility index (Phi) is 5.66. The first-order valence-electron chi connectivity index (χ1n) is 3.90. The number of rotatable bonds is 5. The van der Waals surface area contributed by atoms with E-state index in [-0.39, 0.29) is 12.0 Å². The third kappa shape index (κ3) is 3.69. The molecule has 0 rings (SSSR count). The van der Waals surface area contributed by atoms with Crippen molar-refractivity contribution in [1.29, 1.82) is 0 Å². The third-order valence-corrected chi connectivity index (χ3v) is 1.85. The first kappa shape index (κ1) is 11.4. The number of carbonyl (C=O) groups is 1. The van der Waals surface area contributed by atoms with E-state index in [1.165, 1.54) is 7.11 Å². The van der Waals surface area contributed by atoms with Gasteiger partial charge in [0.15, 0.2) is 0 Å². The van der Waals surface area contributed by atoms with Crippen molar-refractivity contribution in [2.45, 2.75) is 13.0 Å².